The highest BCUT2D eigenvalue weighted by atomic mass is 16.3. The number of hydrogen-bond donors (Lipinski definition) is 0. The molecule has 3 nitrogen and oxygen atoms in total. The van der Waals surface area contributed by atoms with E-state index in [1.165, 1.54) is 43.7 Å². The highest BCUT2D eigenvalue weighted by Gasteiger charge is 2.23. The van der Waals surface area contributed by atoms with E-state index in [1.54, 1.807) is 0 Å². The summed E-state index contributed by atoms with van der Waals surface area (Å²) in [6, 6.07) is 82.8. The van der Waals surface area contributed by atoms with Gasteiger partial charge in [0.15, 0.2) is 0 Å². The van der Waals surface area contributed by atoms with Crippen LogP contribution in [0.2, 0.25) is 0 Å². The summed E-state index contributed by atoms with van der Waals surface area (Å²) in [4.78, 5) is 2.39. The number of hydrogen-bond acceptors (Lipinski definition) is 2. The van der Waals surface area contributed by atoms with Gasteiger partial charge in [-0.05, 0) is 99.3 Å². The van der Waals surface area contributed by atoms with Crippen LogP contribution in [0.4, 0.5) is 17.1 Å². The van der Waals surface area contributed by atoms with Crippen molar-refractivity contribution < 1.29 is 4.42 Å². The average Bonchev–Trinajstić information content (AvgIpc) is 3.88. The van der Waals surface area contributed by atoms with Crippen molar-refractivity contribution in [3.05, 3.63) is 231 Å². The van der Waals surface area contributed by atoms with Crippen LogP contribution in [0.15, 0.2) is 235 Å². The summed E-state index contributed by atoms with van der Waals surface area (Å²) >= 11 is 0. The third-order valence-corrected chi connectivity index (χ3v) is 12.2. The topological polar surface area (TPSA) is 21.3 Å². The highest BCUT2D eigenvalue weighted by Crippen LogP contribution is 2.48. The van der Waals surface area contributed by atoms with Gasteiger partial charge in [-0.25, -0.2) is 0 Å². The first-order valence-corrected chi connectivity index (χ1v) is 20.8. The van der Waals surface area contributed by atoms with Crippen molar-refractivity contribution in [1.82, 2.24) is 4.57 Å². The minimum atomic E-state index is 0.841. The van der Waals surface area contributed by atoms with Gasteiger partial charge in [-0.1, -0.05) is 164 Å². The fourth-order valence-corrected chi connectivity index (χ4v) is 9.40. The third-order valence-electron chi connectivity index (χ3n) is 12.2. The van der Waals surface area contributed by atoms with Gasteiger partial charge < -0.3 is 13.9 Å². The zero-order valence-electron chi connectivity index (χ0n) is 33.2. The molecule has 0 saturated carbocycles. The zero-order valence-corrected chi connectivity index (χ0v) is 33.2. The molecule has 12 aromatic rings. The summed E-state index contributed by atoms with van der Waals surface area (Å²) < 4.78 is 9.34. The Hall–Kier alpha value is -8.14. The smallest absolute Gasteiger partial charge is 0.138 e. The van der Waals surface area contributed by atoms with Crippen LogP contribution in [-0.2, 0) is 0 Å². The van der Waals surface area contributed by atoms with Crippen molar-refractivity contribution >= 4 is 71.6 Å². The van der Waals surface area contributed by atoms with Crippen LogP contribution in [0.5, 0.6) is 0 Å². The molecule has 0 fully saturated rings. The molecule has 3 heteroatoms. The summed E-state index contributed by atoms with van der Waals surface area (Å²) in [5.74, 6) is 0. The molecule has 0 amide bonds. The van der Waals surface area contributed by atoms with Crippen LogP contribution >= 0.6 is 0 Å². The molecule has 0 aliphatic rings. The summed E-state index contributed by atoms with van der Waals surface area (Å²) in [5.41, 5.74) is 15.2. The lowest BCUT2D eigenvalue weighted by atomic mass is 9.94. The molecule has 0 atom stereocenters. The predicted octanol–water partition coefficient (Wildman–Crippen LogP) is 16.3. The molecular weight excluding hydrogens is 741 g/mol. The fraction of sp³-hybridized carbons (Fsp3) is 0. The Balaban J connectivity index is 1.15. The molecule has 0 radical (unpaired) electrons. The Bertz CT molecular complexity index is 3570. The van der Waals surface area contributed by atoms with Crippen molar-refractivity contribution in [3.8, 4) is 39.1 Å². The van der Waals surface area contributed by atoms with E-state index in [0.29, 0.717) is 0 Å². The van der Waals surface area contributed by atoms with E-state index in [9.17, 15) is 0 Å². The Morgan fingerprint density at radius 3 is 1.77 bits per heavy atom. The lowest BCUT2D eigenvalue weighted by Crippen LogP contribution is -2.11. The monoisotopic (exact) mass is 778 g/mol. The molecule has 0 saturated heterocycles. The maximum atomic E-state index is 6.97. The molecule has 2 heterocycles. The van der Waals surface area contributed by atoms with Crippen LogP contribution in [0.3, 0.4) is 0 Å². The molecule has 0 spiro atoms. The van der Waals surface area contributed by atoms with E-state index in [1.807, 2.05) is 0 Å². The second-order valence-electron chi connectivity index (χ2n) is 15.7. The van der Waals surface area contributed by atoms with E-state index < -0.39 is 0 Å². The van der Waals surface area contributed by atoms with Gasteiger partial charge in [-0.15, -0.1) is 0 Å². The number of furan rings is 1. The van der Waals surface area contributed by atoms with E-state index in [-0.39, 0.29) is 0 Å². The molecule has 286 valence electrons. The quantitative estimate of drug-likeness (QED) is 0.161. The number of benzene rings is 10. The fourth-order valence-electron chi connectivity index (χ4n) is 9.40. The molecule has 61 heavy (non-hydrogen) atoms. The van der Waals surface area contributed by atoms with Crippen LogP contribution in [0, 0.1) is 0 Å². The van der Waals surface area contributed by atoms with Gasteiger partial charge in [0.2, 0.25) is 0 Å². The molecule has 0 unspecified atom stereocenters. The van der Waals surface area contributed by atoms with E-state index in [0.717, 1.165) is 66.9 Å². The van der Waals surface area contributed by atoms with Gasteiger partial charge in [-0.3, -0.25) is 0 Å². The van der Waals surface area contributed by atoms with E-state index >= 15 is 0 Å². The second-order valence-corrected chi connectivity index (χ2v) is 15.7. The molecule has 2 aromatic heterocycles. The SMILES string of the molecule is c1ccc(-c2ccc(N(c3cc(-c4ccc5c(c4)c4ccccc4n5-c4ccccc4)c4c(c3)oc3ccc5ccccc5c34)c3ccccc3-c3ccccc3)cc2)cc1. The number of para-hydroxylation sites is 3. The van der Waals surface area contributed by atoms with Gasteiger partial charge in [0.05, 0.1) is 22.4 Å². The maximum Gasteiger partial charge on any atom is 0.138 e. The summed E-state index contributed by atoms with van der Waals surface area (Å²) in [5, 5.41) is 7.02. The zero-order chi connectivity index (χ0) is 40.3. The summed E-state index contributed by atoms with van der Waals surface area (Å²) in [6.45, 7) is 0. The predicted molar refractivity (Wildman–Crippen MR) is 257 cm³/mol. The Morgan fingerprint density at radius 2 is 0.967 bits per heavy atom. The average molecular weight is 779 g/mol. The van der Waals surface area contributed by atoms with Crippen molar-refractivity contribution in [1.29, 1.82) is 0 Å². The minimum absolute atomic E-state index is 0.841. The van der Waals surface area contributed by atoms with Gasteiger partial charge in [0.1, 0.15) is 11.2 Å². The third kappa shape index (κ3) is 5.82. The van der Waals surface area contributed by atoms with Crippen molar-refractivity contribution in [2.45, 2.75) is 0 Å². The molecule has 12 rings (SSSR count). The molecule has 10 aromatic carbocycles. The minimum Gasteiger partial charge on any atom is -0.456 e. The standard InChI is InChI=1S/C58H38N2O/c1-4-16-39(17-5-1)40-28-32-45(33-29-40)59(52-26-14-12-23-47(52)41-18-6-2-7-19-41)46-37-50(58-56(38-46)61-55-35-31-42-20-10-11-24-48(42)57(55)58)43-30-34-54-51(36-43)49-25-13-15-27-53(49)60(54)44-21-8-3-9-22-44/h1-38H. The van der Waals surface area contributed by atoms with Gasteiger partial charge in [0, 0.05) is 44.5 Å². The molecule has 0 aliphatic heterocycles. The molecule has 0 N–H and O–H groups in total. The summed E-state index contributed by atoms with van der Waals surface area (Å²) in [7, 11) is 0. The molecule has 0 bridgehead atoms. The Morgan fingerprint density at radius 1 is 0.344 bits per heavy atom. The van der Waals surface area contributed by atoms with Crippen LogP contribution in [0.25, 0.3) is 93.6 Å². The maximum absolute atomic E-state index is 6.97. The van der Waals surface area contributed by atoms with Crippen LogP contribution < -0.4 is 4.90 Å². The lowest BCUT2D eigenvalue weighted by Gasteiger charge is -2.28. The normalized spacial score (nSPS) is 11.6. The van der Waals surface area contributed by atoms with Gasteiger partial charge >= 0.3 is 0 Å². The first-order chi connectivity index (χ1) is 30.3. The van der Waals surface area contributed by atoms with E-state index in [2.05, 4.69) is 240 Å². The van der Waals surface area contributed by atoms with Crippen molar-refractivity contribution in [2.75, 3.05) is 4.90 Å². The Kier molecular flexibility index (Phi) is 8.17. The number of fused-ring (bicyclic) bond motifs is 8. The number of nitrogens with zero attached hydrogens (tertiary/aromatic N) is 2. The lowest BCUT2D eigenvalue weighted by molar-refractivity contribution is 0.669. The second kappa shape index (κ2) is 14.3. The van der Waals surface area contributed by atoms with Crippen molar-refractivity contribution in [2.24, 2.45) is 0 Å². The van der Waals surface area contributed by atoms with Gasteiger partial charge in [0.25, 0.3) is 0 Å². The number of rotatable bonds is 7. The summed E-state index contributed by atoms with van der Waals surface area (Å²) in [6.07, 6.45) is 0. The largest absolute Gasteiger partial charge is 0.456 e. The van der Waals surface area contributed by atoms with Gasteiger partial charge in [-0.2, -0.15) is 0 Å². The highest BCUT2D eigenvalue weighted by molar-refractivity contribution is 6.24. The number of aromatic nitrogens is 1. The Labute approximate surface area is 353 Å². The first-order valence-electron chi connectivity index (χ1n) is 20.8. The van der Waals surface area contributed by atoms with E-state index in [4.69, 9.17) is 4.42 Å². The van der Waals surface area contributed by atoms with Crippen molar-refractivity contribution in [3.63, 3.8) is 0 Å². The molecule has 0 aliphatic carbocycles. The van der Waals surface area contributed by atoms with Crippen LogP contribution in [0.1, 0.15) is 0 Å². The first kappa shape index (κ1) is 34.9. The molecular formula is C58H38N2O. The van der Waals surface area contributed by atoms with Crippen LogP contribution in [-0.4, -0.2) is 4.57 Å². The number of anilines is 3.